The van der Waals surface area contributed by atoms with Crippen molar-refractivity contribution in [3.05, 3.63) is 34.3 Å². The normalized spacial score (nSPS) is 15.8. The average Bonchev–Trinajstić information content (AvgIpc) is 2.28. The van der Waals surface area contributed by atoms with E-state index in [0.29, 0.717) is 30.6 Å². The van der Waals surface area contributed by atoms with Gasteiger partial charge in [-0.3, -0.25) is 0 Å². The van der Waals surface area contributed by atoms with Gasteiger partial charge in [-0.15, -0.1) is 0 Å². The first kappa shape index (κ1) is 16.1. The summed E-state index contributed by atoms with van der Waals surface area (Å²) in [4.78, 5) is 13.6. The van der Waals surface area contributed by atoms with Crippen LogP contribution in [0, 0.1) is 0 Å². The second-order valence-corrected chi connectivity index (χ2v) is 6.77. The lowest BCUT2D eigenvalue weighted by atomic mass is 9.91. The van der Waals surface area contributed by atoms with E-state index in [-0.39, 0.29) is 6.09 Å². The standard InChI is InChI=1S/C16H22ClNO3/c1-16(2,3)21-15(19)18-8-13(9-18)11-5-6-12(10-20-4)14(17)7-11/h5-7,13H,8-10H2,1-4H3. The number of hydrogen-bond acceptors (Lipinski definition) is 3. The van der Waals surface area contributed by atoms with Crippen LogP contribution in [0.1, 0.15) is 37.8 Å². The van der Waals surface area contributed by atoms with Gasteiger partial charge in [0.25, 0.3) is 0 Å². The van der Waals surface area contributed by atoms with Gasteiger partial charge in [-0.1, -0.05) is 23.7 Å². The minimum absolute atomic E-state index is 0.249. The van der Waals surface area contributed by atoms with Crippen molar-refractivity contribution < 1.29 is 14.3 Å². The number of rotatable bonds is 3. The summed E-state index contributed by atoms with van der Waals surface area (Å²) in [5.41, 5.74) is 1.68. The van der Waals surface area contributed by atoms with Gasteiger partial charge in [0.15, 0.2) is 0 Å². The Hall–Kier alpha value is -1.26. The van der Waals surface area contributed by atoms with Gasteiger partial charge in [-0.25, -0.2) is 4.79 Å². The molecule has 0 spiro atoms. The summed E-state index contributed by atoms with van der Waals surface area (Å²) in [6, 6.07) is 6.00. The van der Waals surface area contributed by atoms with Crippen molar-refractivity contribution in [2.45, 2.75) is 38.9 Å². The van der Waals surface area contributed by atoms with E-state index in [1.165, 1.54) is 0 Å². The van der Waals surface area contributed by atoms with Crippen LogP contribution in [-0.2, 0) is 16.1 Å². The largest absolute Gasteiger partial charge is 0.444 e. The lowest BCUT2D eigenvalue weighted by molar-refractivity contribution is 0.00819. The van der Waals surface area contributed by atoms with Gasteiger partial charge in [0.2, 0.25) is 0 Å². The lowest BCUT2D eigenvalue weighted by Gasteiger charge is -2.40. The van der Waals surface area contributed by atoms with Gasteiger partial charge >= 0.3 is 6.09 Å². The van der Waals surface area contributed by atoms with Crippen LogP contribution in [0.5, 0.6) is 0 Å². The molecular weight excluding hydrogens is 290 g/mol. The fraction of sp³-hybridized carbons (Fsp3) is 0.562. The molecule has 2 rings (SSSR count). The number of likely N-dealkylation sites (tertiary alicyclic amines) is 1. The Morgan fingerprint density at radius 1 is 1.38 bits per heavy atom. The quantitative estimate of drug-likeness (QED) is 0.851. The molecule has 21 heavy (non-hydrogen) atoms. The summed E-state index contributed by atoms with van der Waals surface area (Å²) < 4.78 is 10.4. The lowest BCUT2D eigenvalue weighted by Crippen LogP contribution is -2.50. The molecule has 0 saturated carbocycles. The van der Waals surface area contributed by atoms with E-state index in [4.69, 9.17) is 21.1 Å². The Morgan fingerprint density at radius 2 is 2.05 bits per heavy atom. The van der Waals surface area contributed by atoms with Crippen molar-refractivity contribution in [3.63, 3.8) is 0 Å². The maximum atomic E-state index is 11.9. The molecule has 4 nitrogen and oxygen atoms in total. The van der Waals surface area contributed by atoms with E-state index in [1.54, 1.807) is 12.0 Å². The number of ether oxygens (including phenoxy) is 2. The first-order valence-electron chi connectivity index (χ1n) is 7.05. The molecule has 0 bridgehead atoms. The van der Waals surface area contributed by atoms with Crippen LogP contribution in [0.4, 0.5) is 4.79 Å². The summed E-state index contributed by atoms with van der Waals surface area (Å²) >= 11 is 6.23. The SMILES string of the molecule is COCc1ccc(C2CN(C(=O)OC(C)(C)C)C2)cc1Cl. The van der Waals surface area contributed by atoms with Crippen molar-refractivity contribution >= 4 is 17.7 Å². The van der Waals surface area contributed by atoms with E-state index in [1.807, 2.05) is 32.9 Å². The topological polar surface area (TPSA) is 38.8 Å². The maximum absolute atomic E-state index is 11.9. The Kier molecular flexibility index (Phi) is 4.79. The third-order valence-corrected chi connectivity index (χ3v) is 3.73. The molecule has 1 aromatic carbocycles. The molecule has 1 aliphatic heterocycles. The van der Waals surface area contributed by atoms with Gasteiger partial charge in [0.05, 0.1) is 6.61 Å². The number of methoxy groups -OCH3 is 1. The number of nitrogens with zero attached hydrogens (tertiary/aromatic N) is 1. The monoisotopic (exact) mass is 311 g/mol. The molecule has 0 N–H and O–H groups in total. The first-order valence-corrected chi connectivity index (χ1v) is 7.43. The molecule has 0 unspecified atom stereocenters. The van der Waals surface area contributed by atoms with Crippen LogP contribution >= 0.6 is 11.6 Å². The van der Waals surface area contributed by atoms with E-state index in [9.17, 15) is 4.79 Å². The number of carbonyl (C=O) groups excluding carboxylic acids is 1. The predicted octanol–water partition coefficient (Wildman–Crippen LogP) is 3.82. The molecule has 1 aliphatic rings. The highest BCUT2D eigenvalue weighted by Crippen LogP contribution is 2.31. The zero-order valence-corrected chi connectivity index (χ0v) is 13.7. The molecule has 1 saturated heterocycles. The number of benzene rings is 1. The zero-order chi connectivity index (χ0) is 15.6. The van der Waals surface area contributed by atoms with Crippen molar-refractivity contribution in [1.29, 1.82) is 0 Å². The molecule has 1 fully saturated rings. The molecule has 0 aromatic heterocycles. The van der Waals surface area contributed by atoms with Gasteiger partial charge in [0.1, 0.15) is 5.60 Å². The Morgan fingerprint density at radius 3 is 2.57 bits per heavy atom. The van der Waals surface area contributed by atoms with Crippen molar-refractivity contribution in [1.82, 2.24) is 4.90 Å². The molecule has 0 radical (unpaired) electrons. The maximum Gasteiger partial charge on any atom is 0.410 e. The minimum Gasteiger partial charge on any atom is -0.444 e. The van der Waals surface area contributed by atoms with Crippen molar-refractivity contribution in [3.8, 4) is 0 Å². The summed E-state index contributed by atoms with van der Waals surface area (Å²) in [5.74, 6) is 0.326. The molecule has 5 heteroatoms. The average molecular weight is 312 g/mol. The highest BCUT2D eigenvalue weighted by atomic mass is 35.5. The summed E-state index contributed by atoms with van der Waals surface area (Å²) in [6.07, 6.45) is -0.249. The van der Waals surface area contributed by atoms with Crippen LogP contribution in [0.2, 0.25) is 5.02 Å². The van der Waals surface area contributed by atoms with Crippen LogP contribution in [0.25, 0.3) is 0 Å². The Labute approximate surface area is 131 Å². The van der Waals surface area contributed by atoms with Gasteiger partial charge < -0.3 is 14.4 Å². The molecule has 1 heterocycles. The second-order valence-electron chi connectivity index (χ2n) is 6.37. The highest BCUT2D eigenvalue weighted by molar-refractivity contribution is 6.31. The van der Waals surface area contributed by atoms with E-state index in [0.717, 1.165) is 11.1 Å². The molecular formula is C16H22ClNO3. The fourth-order valence-electron chi connectivity index (χ4n) is 2.26. The smallest absolute Gasteiger partial charge is 0.410 e. The van der Waals surface area contributed by atoms with Crippen molar-refractivity contribution in [2.24, 2.45) is 0 Å². The van der Waals surface area contributed by atoms with Gasteiger partial charge in [-0.05, 0) is 38.0 Å². The van der Waals surface area contributed by atoms with Crippen LogP contribution < -0.4 is 0 Å². The van der Waals surface area contributed by atoms with Crippen molar-refractivity contribution in [2.75, 3.05) is 20.2 Å². The number of carbonyl (C=O) groups is 1. The Balaban J connectivity index is 1.92. The molecule has 1 aromatic rings. The molecule has 0 aliphatic carbocycles. The summed E-state index contributed by atoms with van der Waals surface area (Å²) in [5, 5.41) is 0.713. The number of hydrogen-bond donors (Lipinski definition) is 0. The van der Waals surface area contributed by atoms with Gasteiger partial charge in [0, 0.05) is 31.1 Å². The van der Waals surface area contributed by atoms with E-state index >= 15 is 0 Å². The Bertz CT molecular complexity index is 519. The second kappa shape index (κ2) is 6.24. The predicted molar refractivity (Wildman–Crippen MR) is 82.7 cm³/mol. The fourth-order valence-corrected chi connectivity index (χ4v) is 2.50. The molecule has 116 valence electrons. The highest BCUT2D eigenvalue weighted by Gasteiger charge is 2.34. The van der Waals surface area contributed by atoms with Crippen LogP contribution in [0.3, 0.4) is 0 Å². The number of halogens is 1. The number of amides is 1. The molecule has 0 atom stereocenters. The summed E-state index contributed by atoms with van der Waals surface area (Å²) in [7, 11) is 1.65. The molecule has 1 amide bonds. The zero-order valence-electron chi connectivity index (χ0n) is 13.0. The third kappa shape index (κ3) is 4.11. The first-order chi connectivity index (χ1) is 9.80. The third-order valence-electron chi connectivity index (χ3n) is 3.38. The minimum atomic E-state index is -0.451. The van der Waals surface area contributed by atoms with E-state index < -0.39 is 5.60 Å². The van der Waals surface area contributed by atoms with Gasteiger partial charge in [-0.2, -0.15) is 0 Å². The van der Waals surface area contributed by atoms with Crippen LogP contribution in [0.15, 0.2) is 18.2 Å². The van der Waals surface area contributed by atoms with E-state index in [2.05, 4.69) is 6.07 Å². The van der Waals surface area contributed by atoms with Crippen LogP contribution in [-0.4, -0.2) is 36.8 Å². The summed E-state index contributed by atoms with van der Waals surface area (Å²) in [6.45, 7) is 7.47.